The summed E-state index contributed by atoms with van der Waals surface area (Å²) in [4.78, 5) is 24.2. The largest absolute Gasteiger partial charge is 0.478 e. The van der Waals surface area contributed by atoms with Crippen LogP contribution in [0.3, 0.4) is 0 Å². The summed E-state index contributed by atoms with van der Waals surface area (Å²) in [5, 5.41) is 9.24. The van der Waals surface area contributed by atoms with Crippen LogP contribution >= 0.6 is 0 Å². The number of piperazine rings is 1. The maximum atomic E-state index is 11.3. The molecule has 2 unspecified atom stereocenters. The fourth-order valence-electron chi connectivity index (χ4n) is 3.48. The number of fused-ring (bicyclic) bond motifs is 1. The predicted molar refractivity (Wildman–Crippen MR) is 78.1 cm³/mol. The van der Waals surface area contributed by atoms with Crippen molar-refractivity contribution in [3.63, 3.8) is 0 Å². The van der Waals surface area contributed by atoms with Gasteiger partial charge in [-0.05, 0) is 26.3 Å². The number of aromatic nitrogens is 2. The van der Waals surface area contributed by atoms with E-state index in [0.29, 0.717) is 24.3 Å². The van der Waals surface area contributed by atoms with Crippen molar-refractivity contribution >= 4 is 5.97 Å². The summed E-state index contributed by atoms with van der Waals surface area (Å²) in [7, 11) is 0. The highest BCUT2D eigenvalue weighted by molar-refractivity contribution is 5.88. The third-order valence-corrected chi connectivity index (χ3v) is 4.69. The summed E-state index contributed by atoms with van der Waals surface area (Å²) in [5.74, 6) is -0.949. The van der Waals surface area contributed by atoms with E-state index in [1.54, 1.807) is 0 Å². The van der Waals surface area contributed by atoms with Crippen LogP contribution in [0.25, 0.3) is 0 Å². The third kappa shape index (κ3) is 3.06. The molecule has 2 aliphatic rings. The fourth-order valence-corrected chi connectivity index (χ4v) is 3.48. The van der Waals surface area contributed by atoms with Gasteiger partial charge >= 0.3 is 5.97 Å². The van der Waals surface area contributed by atoms with E-state index >= 15 is 0 Å². The Bertz CT molecular complexity index is 522. The Morgan fingerprint density at radius 3 is 3.10 bits per heavy atom. The Morgan fingerprint density at radius 1 is 1.43 bits per heavy atom. The molecule has 0 saturated carbocycles. The highest BCUT2D eigenvalue weighted by Crippen LogP contribution is 2.25. The van der Waals surface area contributed by atoms with Gasteiger partial charge in [-0.3, -0.25) is 9.80 Å². The zero-order valence-electron chi connectivity index (χ0n) is 12.4. The fraction of sp³-hybridized carbons (Fsp3) is 0.667. The number of carboxylic acids is 1. The highest BCUT2D eigenvalue weighted by Gasteiger charge is 2.33. The molecule has 0 aromatic carbocycles. The first-order chi connectivity index (χ1) is 10.1. The van der Waals surface area contributed by atoms with Crippen molar-refractivity contribution < 1.29 is 9.90 Å². The molecule has 6 nitrogen and oxygen atoms in total. The van der Waals surface area contributed by atoms with E-state index in [9.17, 15) is 9.90 Å². The van der Waals surface area contributed by atoms with Gasteiger partial charge in [0.15, 0.2) is 0 Å². The SMILES string of the molecule is CC1CN2CCCCC2CN1Cc1ncncc1C(=O)O. The quantitative estimate of drug-likeness (QED) is 0.903. The summed E-state index contributed by atoms with van der Waals surface area (Å²) < 4.78 is 0. The van der Waals surface area contributed by atoms with E-state index in [1.807, 2.05) is 0 Å². The average Bonchev–Trinajstić information content (AvgIpc) is 2.48. The summed E-state index contributed by atoms with van der Waals surface area (Å²) >= 11 is 0. The van der Waals surface area contributed by atoms with Crippen LogP contribution < -0.4 is 0 Å². The maximum absolute atomic E-state index is 11.3. The Kier molecular flexibility index (Phi) is 4.17. The van der Waals surface area contributed by atoms with Crippen LogP contribution in [-0.4, -0.2) is 62.6 Å². The van der Waals surface area contributed by atoms with Gasteiger partial charge in [0, 0.05) is 37.9 Å². The minimum atomic E-state index is -0.949. The van der Waals surface area contributed by atoms with Crippen molar-refractivity contribution in [2.75, 3.05) is 19.6 Å². The topological polar surface area (TPSA) is 69.6 Å². The molecule has 2 atom stereocenters. The third-order valence-electron chi connectivity index (χ3n) is 4.69. The average molecular weight is 290 g/mol. The molecule has 0 amide bonds. The van der Waals surface area contributed by atoms with Gasteiger partial charge < -0.3 is 5.11 Å². The lowest BCUT2D eigenvalue weighted by Crippen LogP contribution is -2.58. The van der Waals surface area contributed by atoms with Crippen molar-refractivity contribution in [2.24, 2.45) is 0 Å². The lowest BCUT2D eigenvalue weighted by atomic mass is 9.97. The first-order valence-corrected chi connectivity index (χ1v) is 7.65. The summed E-state index contributed by atoms with van der Waals surface area (Å²) in [6.07, 6.45) is 6.68. The van der Waals surface area contributed by atoms with Gasteiger partial charge in [-0.1, -0.05) is 6.42 Å². The van der Waals surface area contributed by atoms with E-state index in [1.165, 1.54) is 38.3 Å². The van der Waals surface area contributed by atoms with E-state index in [4.69, 9.17) is 0 Å². The minimum Gasteiger partial charge on any atom is -0.478 e. The van der Waals surface area contributed by atoms with E-state index < -0.39 is 5.97 Å². The number of rotatable bonds is 3. The smallest absolute Gasteiger partial charge is 0.339 e. The van der Waals surface area contributed by atoms with Gasteiger partial charge in [-0.2, -0.15) is 0 Å². The molecule has 1 N–H and O–H groups in total. The Balaban J connectivity index is 1.74. The molecule has 2 aliphatic heterocycles. The number of piperidine rings is 1. The predicted octanol–water partition coefficient (Wildman–Crippen LogP) is 1.23. The van der Waals surface area contributed by atoms with Crippen LogP contribution in [0.2, 0.25) is 0 Å². The summed E-state index contributed by atoms with van der Waals surface area (Å²) in [6.45, 7) is 6.08. The normalized spacial score (nSPS) is 27.3. The van der Waals surface area contributed by atoms with E-state index in [-0.39, 0.29) is 5.56 Å². The monoisotopic (exact) mass is 290 g/mol. The summed E-state index contributed by atoms with van der Waals surface area (Å²) in [5.41, 5.74) is 0.837. The zero-order chi connectivity index (χ0) is 14.8. The maximum Gasteiger partial charge on any atom is 0.339 e. The van der Waals surface area contributed by atoms with Crippen LogP contribution in [0.15, 0.2) is 12.5 Å². The number of hydrogen-bond donors (Lipinski definition) is 1. The molecule has 1 aromatic heterocycles. The van der Waals surface area contributed by atoms with Crippen molar-refractivity contribution in [2.45, 2.75) is 44.8 Å². The zero-order valence-corrected chi connectivity index (χ0v) is 12.4. The summed E-state index contributed by atoms with van der Waals surface area (Å²) in [6, 6.07) is 1.04. The Morgan fingerprint density at radius 2 is 2.29 bits per heavy atom. The molecular weight excluding hydrogens is 268 g/mol. The van der Waals surface area contributed by atoms with Crippen molar-refractivity contribution in [1.82, 2.24) is 19.8 Å². The number of nitrogens with zero attached hydrogens (tertiary/aromatic N) is 4. The highest BCUT2D eigenvalue weighted by atomic mass is 16.4. The number of aromatic carboxylic acids is 1. The molecule has 6 heteroatoms. The van der Waals surface area contributed by atoms with Crippen LogP contribution in [-0.2, 0) is 6.54 Å². The molecule has 114 valence electrons. The molecule has 0 radical (unpaired) electrons. The van der Waals surface area contributed by atoms with Gasteiger partial charge in [0.1, 0.15) is 11.9 Å². The van der Waals surface area contributed by atoms with Crippen LogP contribution in [0.1, 0.15) is 42.2 Å². The number of carboxylic acid groups (broad SMARTS) is 1. The molecular formula is C15H22N4O2. The van der Waals surface area contributed by atoms with Crippen molar-refractivity contribution in [3.8, 4) is 0 Å². The molecule has 21 heavy (non-hydrogen) atoms. The molecule has 3 rings (SSSR count). The lowest BCUT2D eigenvalue weighted by Gasteiger charge is -2.47. The first-order valence-electron chi connectivity index (χ1n) is 7.65. The Labute approximate surface area is 124 Å². The Hall–Kier alpha value is -1.53. The van der Waals surface area contributed by atoms with Gasteiger partial charge in [-0.25, -0.2) is 14.8 Å². The van der Waals surface area contributed by atoms with Gasteiger partial charge in [0.25, 0.3) is 0 Å². The van der Waals surface area contributed by atoms with Crippen LogP contribution in [0, 0.1) is 0 Å². The molecule has 0 bridgehead atoms. The van der Waals surface area contributed by atoms with Gasteiger partial charge in [0.2, 0.25) is 0 Å². The molecule has 2 fully saturated rings. The van der Waals surface area contributed by atoms with Crippen molar-refractivity contribution in [1.29, 1.82) is 0 Å². The molecule has 3 heterocycles. The molecule has 0 aliphatic carbocycles. The molecule has 2 saturated heterocycles. The number of carbonyl (C=O) groups is 1. The van der Waals surface area contributed by atoms with Gasteiger partial charge in [-0.15, -0.1) is 0 Å². The lowest BCUT2D eigenvalue weighted by molar-refractivity contribution is 0.0102. The van der Waals surface area contributed by atoms with Crippen LogP contribution in [0.4, 0.5) is 0 Å². The second-order valence-corrected chi connectivity index (χ2v) is 6.11. The second-order valence-electron chi connectivity index (χ2n) is 6.11. The number of hydrogen-bond acceptors (Lipinski definition) is 5. The standard InChI is InChI=1S/C15H22N4O2/c1-11-7-18-5-3-2-4-12(18)8-19(11)9-14-13(15(20)21)6-16-10-17-14/h6,10-12H,2-5,7-9H2,1H3,(H,20,21). The van der Waals surface area contributed by atoms with E-state index in [0.717, 1.165) is 13.1 Å². The second kappa shape index (κ2) is 6.07. The first kappa shape index (κ1) is 14.4. The molecule has 1 aromatic rings. The van der Waals surface area contributed by atoms with Crippen LogP contribution in [0.5, 0.6) is 0 Å². The minimum absolute atomic E-state index is 0.218. The van der Waals surface area contributed by atoms with Gasteiger partial charge in [0.05, 0.1) is 5.69 Å². The van der Waals surface area contributed by atoms with E-state index in [2.05, 4.69) is 26.7 Å². The molecule has 0 spiro atoms. The van der Waals surface area contributed by atoms with Crippen molar-refractivity contribution in [3.05, 3.63) is 23.8 Å².